The smallest absolute Gasteiger partial charge is 0.222 e. The van der Waals surface area contributed by atoms with Crippen LogP contribution in [0.4, 0.5) is 4.39 Å². The highest BCUT2D eigenvalue weighted by Crippen LogP contribution is 2.26. The van der Waals surface area contributed by atoms with Crippen molar-refractivity contribution in [3.63, 3.8) is 0 Å². The zero-order valence-electron chi connectivity index (χ0n) is 6.68. The first kappa shape index (κ1) is 8.51. The van der Waals surface area contributed by atoms with Crippen molar-refractivity contribution in [2.45, 2.75) is 12.5 Å². The van der Waals surface area contributed by atoms with Crippen LogP contribution in [-0.4, -0.2) is 5.91 Å². The van der Waals surface area contributed by atoms with Gasteiger partial charge in [0.25, 0.3) is 0 Å². The molecule has 4 heteroatoms. The van der Waals surface area contributed by atoms with Crippen LogP contribution in [0.15, 0.2) is 18.2 Å². The zero-order valence-corrected chi connectivity index (χ0v) is 7.44. The van der Waals surface area contributed by atoms with E-state index in [1.165, 1.54) is 12.1 Å². The standard InChI is InChI=1S/C9H7ClFNO/c10-6-2-1-5(3-7(6)11)8-4-9(13)12-8/h1-3,8H,4H2,(H,12,13). The number of rotatable bonds is 1. The van der Waals surface area contributed by atoms with E-state index in [2.05, 4.69) is 5.32 Å². The fourth-order valence-corrected chi connectivity index (χ4v) is 1.41. The number of carbonyl (C=O) groups excluding carboxylic acids is 1. The SMILES string of the molecule is O=C1CC(c2ccc(Cl)c(F)c2)N1. The van der Waals surface area contributed by atoms with Crippen LogP contribution in [0.1, 0.15) is 18.0 Å². The molecule has 1 heterocycles. The second kappa shape index (κ2) is 3.00. The van der Waals surface area contributed by atoms with Crippen LogP contribution in [0.3, 0.4) is 0 Å². The van der Waals surface area contributed by atoms with Crippen LogP contribution in [0.5, 0.6) is 0 Å². The molecule has 13 heavy (non-hydrogen) atoms. The van der Waals surface area contributed by atoms with Gasteiger partial charge in [-0.05, 0) is 17.7 Å². The number of hydrogen-bond acceptors (Lipinski definition) is 1. The quantitative estimate of drug-likeness (QED) is 0.689. The third kappa shape index (κ3) is 1.52. The fraction of sp³-hybridized carbons (Fsp3) is 0.222. The normalized spacial score (nSPS) is 20.8. The maximum Gasteiger partial charge on any atom is 0.222 e. The molecule has 0 bridgehead atoms. The Labute approximate surface area is 79.7 Å². The van der Waals surface area contributed by atoms with Crippen molar-refractivity contribution in [1.29, 1.82) is 0 Å². The van der Waals surface area contributed by atoms with Gasteiger partial charge in [0, 0.05) is 0 Å². The van der Waals surface area contributed by atoms with Gasteiger partial charge in [-0.25, -0.2) is 4.39 Å². The fourth-order valence-electron chi connectivity index (χ4n) is 1.29. The average molecular weight is 200 g/mol. The van der Waals surface area contributed by atoms with Crippen LogP contribution in [0, 0.1) is 5.82 Å². The summed E-state index contributed by atoms with van der Waals surface area (Å²) in [4.78, 5) is 10.6. The van der Waals surface area contributed by atoms with E-state index in [1.54, 1.807) is 6.07 Å². The summed E-state index contributed by atoms with van der Waals surface area (Å²) < 4.78 is 13.0. The molecule has 1 N–H and O–H groups in total. The maximum atomic E-state index is 13.0. The van der Waals surface area contributed by atoms with Gasteiger partial charge < -0.3 is 5.32 Å². The van der Waals surface area contributed by atoms with Gasteiger partial charge in [0.15, 0.2) is 0 Å². The molecule has 2 nitrogen and oxygen atoms in total. The summed E-state index contributed by atoms with van der Waals surface area (Å²) in [5.41, 5.74) is 0.765. The number of nitrogens with one attached hydrogen (secondary N) is 1. The van der Waals surface area contributed by atoms with E-state index in [1.807, 2.05) is 0 Å². The Morgan fingerprint density at radius 2 is 2.23 bits per heavy atom. The van der Waals surface area contributed by atoms with Crippen molar-refractivity contribution in [2.75, 3.05) is 0 Å². The predicted molar refractivity (Wildman–Crippen MR) is 46.9 cm³/mol. The Balaban J connectivity index is 2.22. The minimum atomic E-state index is -0.444. The van der Waals surface area contributed by atoms with Crippen LogP contribution in [0.25, 0.3) is 0 Å². The molecule has 0 aromatic heterocycles. The summed E-state index contributed by atoms with van der Waals surface area (Å²) in [7, 11) is 0. The molecular formula is C9H7ClFNO. The summed E-state index contributed by atoms with van der Waals surface area (Å²) in [6, 6.07) is 4.53. The zero-order chi connectivity index (χ0) is 9.42. The van der Waals surface area contributed by atoms with Crippen molar-refractivity contribution in [1.82, 2.24) is 5.32 Å². The second-order valence-corrected chi connectivity index (χ2v) is 3.40. The molecule has 1 aliphatic rings. The minimum Gasteiger partial charge on any atom is -0.349 e. The molecule has 2 rings (SSSR count). The molecule has 1 atom stereocenters. The Morgan fingerprint density at radius 3 is 2.77 bits per heavy atom. The molecule has 1 fully saturated rings. The van der Waals surface area contributed by atoms with Crippen LogP contribution in [-0.2, 0) is 4.79 Å². The van der Waals surface area contributed by atoms with Gasteiger partial charge in [0.05, 0.1) is 17.5 Å². The van der Waals surface area contributed by atoms with Gasteiger partial charge in [-0.15, -0.1) is 0 Å². The van der Waals surface area contributed by atoms with E-state index in [-0.39, 0.29) is 17.0 Å². The molecule has 0 spiro atoms. The van der Waals surface area contributed by atoms with Crippen molar-refractivity contribution in [2.24, 2.45) is 0 Å². The van der Waals surface area contributed by atoms with E-state index in [0.29, 0.717) is 6.42 Å². The lowest BCUT2D eigenvalue weighted by Gasteiger charge is -2.27. The lowest BCUT2D eigenvalue weighted by molar-refractivity contribution is -0.128. The van der Waals surface area contributed by atoms with Crippen LogP contribution >= 0.6 is 11.6 Å². The van der Waals surface area contributed by atoms with Gasteiger partial charge in [-0.3, -0.25) is 4.79 Å². The molecule has 1 amide bonds. The molecule has 1 aromatic rings. The third-order valence-corrected chi connectivity index (χ3v) is 2.38. The van der Waals surface area contributed by atoms with Crippen molar-refractivity contribution < 1.29 is 9.18 Å². The number of β-lactam (4-membered cyclic amide) rings is 1. The Hall–Kier alpha value is -1.09. The molecular weight excluding hydrogens is 193 g/mol. The number of benzene rings is 1. The Morgan fingerprint density at radius 1 is 1.54 bits per heavy atom. The number of hydrogen-bond donors (Lipinski definition) is 1. The molecule has 1 aromatic carbocycles. The van der Waals surface area contributed by atoms with E-state index in [4.69, 9.17) is 11.6 Å². The lowest BCUT2D eigenvalue weighted by atomic mass is 9.97. The molecule has 1 unspecified atom stereocenters. The van der Waals surface area contributed by atoms with Crippen LogP contribution < -0.4 is 5.32 Å². The first-order valence-electron chi connectivity index (χ1n) is 3.91. The molecule has 1 aliphatic heterocycles. The summed E-state index contributed by atoms with van der Waals surface area (Å²) in [6.07, 6.45) is 0.432. The highest BCUT2D eigenvalue weighted by Gasteiger charge is 2.26. The number of amides is 1. The number of halogens is 2. The predicted octanol–water partition coefficient (Wildman–Crippen LogP) is 2.04. The van der Waals surface area contributed by atoms with Gasteiger partial charge in [0.2, 0.25) is 5.91 Å². The van der Waals surface area contributed by atoms with Gasteiger partial charge in [0.1, 0.15) is 5.82 Å². The monoisotopic (exact) mass is 199 g/mol. The Bertz CT molecular complexity index is 359. The molecule has 0 aliphatic carbocycles. The first-order chi connectivity index (χ1) is 6.16. The third-order valence-electron chi connectivity index (χ3n) is 2.07. The van der Waals surface area contributed by atoms with E-state index in [0.717, 1.165) is 5.56 Å². The van der Waals surface area contributed by atoms with Crippen LogP contribution in [0.2, 0.25) is 5.02 Å². The van der Waals surface area contributed by atoms with Gasteiger partial charge >= 0.3 is 0 Å². The van der Waals surface area contributed by atoms with E-state index >= 15 is 0 Å². The average Bonchev–Trinajstić information content (AvgIpc) is 2.05. The second-order valence-electron chi connectivity index (χ2n) is 3.00. The van der Waals surface area contributed by atoms with Crippen molar-refractivity contribution in [3.8, 4) is 0 Å². The number of carbonyl (C=O) groups is 1. The maximum absolute atomic E-state index is 13.0. The summed E-state index contributed by atoms with van der Waals surface area (Å²) >= 11 is 5.51. The van der Waals surface area contributed by atoms with Crippen molar-refractivity contribution in [3.05, 3.63) is 34.6 Å². The highest BCUT2D eigenvalue weighted by molar-refractivity contribution is 6.30. The Kier molecular flexibility index (Phi) is 1.96. The highest BCUT2D eigenvalue weighted by atomic mass is 35.5. The van der Waals surface area contributed by atoms with E-state index in [9.17, 15) is 9.18 Å². The summed E-state index contributed by atoms with van der Waals surface area (Å²) in [5.74, 6) is -0.444. The molecule has 0 saturated carbocycles. The first-order valence-corrected chi connectivity index (χ1v) is 4.29. The summed E-state index contributed by atoms with van der Waals surface area (Å²) in [5, 5.41) is 2.76. The van der Waals surface area contributed by atoms with Crippen molar-refractivity contribution >= 4 is 17.5 Å². The minimum absolute atomic E-state index is 0.000332. The topological polar surface area (TPSA) is 29.1 Å². The van der Waals surface area contributed by atoms with Gasteiger partial charge in [-0.1, -0.05) is 17.7 Å². The van der Waals surface area contributed by atoms with Gasteiger partial charge in [-0.2, -0.15) is 0 Å². The largest absolute Gasteiger partial charge is 0.349 e. The molecule has 68 valence electrons. The molecule has 0 radical (unpaired) electrons. The van der Waals surface area contributed by atoms with E-state index < -0.39 is 5.82 Å². The lowest BCUT2D eigenvalue weighted by Crippen LogP contribution is -2.41. The molecule has 1 saturated heterocycles. The summed E-state index contributed by atoms with van der Waals surface area (Å²) in [6.45, 7) is 0.